The predicted octanol–water partition coefficient (Wildman–Crippen LogP) is 4.35. The highest BCUT2D eigenvalue weighted by Crippen LogP contribution is 2.34. The maximum atomic E-state index is 12.6. The number of aryl methyl sites for hydroxylation is 1. The fraction of sp³-hybridized carbons (Fsp3) is 0.385. The molecule has 0 fully saturated rings. The average Bonchev–Trinajstić information content (AvgIpc) is 2.83. The third-order valence-electron chi connectivity index (χ3n) is 2.74. The first kappa shape index (κ1) is 14.8. The van der Waals surface area contributed by atoms with Gasteiger partial charge >= 0.3 is 6.18 Å². The van der Waals surface area contributed by atoms with Crippen LogP contribution in [0.25, 0.3) is 10.6 Å². The van der Waals surface area contributed by atoms with Gasteiger partial charge in [-0.05, 0) is 31.0 Å². The van der Waals surface area contributed by atoms with Crippen LogP contribution in [0.15, 0.2) is 18.2 Å². The fourth-order valence-electron chi connectivity index (χ4n) is 1.72. The second kappa shape index (κ2) is 5.78. The molecule has 2 rings (SSSR count). The van der Waals surface area contributed by atoms with Crippen molar-refractivity contribution in [1.82, 2.24) is 10.2 Å². The molecule has 0 aliphatic rings. The molecular weight excluding hydrogens is 287 g/mol. The third-order valence-corrected chi connectivity index (χ3v) is 3.65. The Kier molecular flexibility index (Phi) is 4.27. The summed E-state index contributed by atoms with van der Waals surface area (Å²) in [5, 5.41) is 12.4. The summed E-state index contributed by atoms with van der Waals surface area (Å²) < 4.78 is 37.8. The Morgan fingerprint density at radius 3 is 2.60 bits per heavy atom. The van der Waals surface area contributed by atoms with Crippen LogP contribution in [0.5, 0.6) is 0 Å². The smallest absolute Gasteiger partial charge is 0.360 e. The molecule has 1 N–H and O–H groups in total. The van der Waals surface area contributed by atoms with Gasteiger partial charge in [0, 0.05) is 12.1 Å². The maximum Gasteiger partial charge on any atom is 0.416 e. The number of halogens is 3. The van der Waals surface area contributed by atoms with Crippen molar-refractivity contribution in [2.24, 2.45) is 0 Å². The number of rotatable bonds is 4. The molecule has 0 saturated carbocycles. The van der Waals surface area contributed by atoms with Gasteiger partial charge in [0.1, 0.15) is 5.01 Å². The van der Waals surface area contributed by atoms with Crippen LogP contribution >= 0.6 is 11.3 Å². The lowest BCUT2D eigenvalue weighted by atomic mass is 10.1. The summed E-state index contributed by atoms with van der Waals surface area (Å²) in [5.74, 6) is 0. The summed E-state index contributed by atoms with van der Waals surface area (Å²) in [7, 11) is 0. The fourth-order valence-corrected chi connectivity index (χ4v) is 2.58. The standard InChI is InChI=1S/C13H14F3N3S/c1-3-6-17-12-19-18-11(20-12)10-5-4-9(7-8(10)2)13(14,15)16/h4-5,7H,3,6H2,1-2H3,(H,17,19). The van der Waals surface area contributed by atoms with Crippen molar-refractivity contribution in [3.63, 3.8) is 0 Å². The average molecular weight is 301 g/mol. The van der Waals surface area contributed by atoms with E-state index in [-0.39, 0.29) is 0 Å². The largest absolute Gasteiger partial charge is 0.416 e. The summed E-state index contributed by atoms with van der Waals surface area (Å²) in [4.78, 5) is 0. The first-order chi connectivity index (χ1) is 9.41. The lowest BCUT2D eigenvalue weighted by Gasteiger charge is -2.09. The van der Waals surface area contributed by atoms with Gasteiger partial charge in [0.15, 0.2) is 0 Å². The molecule has 7 heteroatoms. The highest BCUT2D eigenvalue weighted by atomic mass is 32.1. The van der Waals surface area contributed by atoms with E-state index in [0.29, 0.717) is 21.3 Å². The summed E-state index contributed by atoms with van der Waals surface area (Å²) in [6, 6.07) is 3.65. The Labute approximate surface area is 118 Å². The molecule has 1 aromatic carbocycles. The normalized spacial score (nSPS) is 11.7. The van der Waals surface area contributed by atoms with Crippen LogP contribution in [0.2, 0.25) is 0 Å². The summed E-state index contributed by atoms with van der Waals surface area (Å²) in [5.41, 5.74) is 0.575. The van der Waals surface area contributed by atoms with Crippen molar-refractivity contribution in [2.75, 3.05) is 11.9 Å². The number of anilines is 1. The van der Waals surface area contributed by atoms with E-state index < -0.39 is 11.7 Å². The molecule has 0 aliphatic carbocycles. The molecule has 3 nitrogen and oxygen atoms in total. The van der Waals surface area contributed by atoms with E-state index >= 15 is 0 Å². The number of nitrogens with zero attached hydrogens (tertiary/aromatic N) is 2. The van der Waals surface area contributed by atoms with Crippen LogP contribution in [0.3, 0.4) is 0 Å². The first-order valence-corrected chi connectivity index (χ1v) is 6.99. The van der Waals surface area contributed by atoms with E-state index in [2.05, 4.69) is 15.5 Å². The van der Waals surface area contributed by atoms with Crippen LogP contribution in [0.4, 0.5) is 18.3 Å². The van der Waals surface area contributed by atoms with Gasteiger partial charge in [-0.3, -0.25) is 0 Å². The molecule has 0 aliphatic heterocycles. The highest BCUT2D eigenvalue weighted by molar-refractivity contribution is 7.18. The molecule has 2 aromatic rings. The van der Waals surface area contributed by atoms with E-state index in [1.54, 1.807) is 6.92 Å². The van der Waals surface area contributed by atoms with Crippen LogP contribution in [0, 0.1) is 6.92 Å². The van der Waals surface area contributed by atoms with E-state index in [4.69, 9.17) is 0 Å². The maximum absolute atomic E-state index is 12.6. The Balaban J connectivity index is 2.27. The zero-order valence-electron chi connectivity index (χ0n) is 11.1. The Morgan fingerprint density at radius 1 is 1.25 bits per heavy atom. The summed E-state index contributed by atoms with van der Waals surface area (Å²) in [6.07, 6.45) is -3.35. The quantitative estimate of drug-likeness (QED) is 0.912. The molecule has 1 aromatic heterocycles. The van der Waals surface area contributed by atoms with Gasteiger partial charge in [-0.15, -0.1) is 10.2 Å². The first-order valence-electron chi connectivity index (χ1n) is 6.17. The van der Waals surface area contributed by atoms with E-state index in [1.165, 1.54) is 17.4 Å². The third kappa shape index (κ3) is 3.27. The lowest BCUT2D eigenvalue weighted by molar-refractivity contribution is -0.137. The Bertz CT molecular complexity index is 593. The molecule has 0 spiro atoms. The number of alkyl halides is 3. The SMILES string of the molecule is CCCNc1nnc(-c2ccc(C(F)(F)F)cc2C)s1. The minimum absolute atomic E-state index is 0.540. The van der Waals surface area contributed by atoms with Crippen molar-refractivity contribution >= 4 is 16.5 Å². The topological polar surface area (TPSA) is 37.8 Å². The van der Waals surface area contributed by atoms with Gasteiger partial charge in [-0.1, -0.05) is 24.3 Å². The number of hydrogen-bond acceptors (Lipinski definition) is 4. The van der Waals surface area contributed by atoms with E-state index in [1.807, 2.05) is 6.92 Å². The van der Waals surface area contributed by atoms with Gasteiger partial charge in [0.2, 0.25) is 5.13 Å². The summed E-state index contributed by atoms with van der Waals surface area (Å²) in [6.45, 7) is 4.47. The predicted molar refractivity (Wildman–Crippen MR) is 73.9 cm³/mol. The van der Waals surface area contributed by atoms with Crippen molar-refractivity contribution in [2.45, 2.75) is 26.4 Å². The van der Waals surface area contributed by atoms with Crippen molar-refractivity contribution in [3.05, 3.63) is 29.3 Å². The minimum atomic E-state index is -4.32. The van der Waals surface area contributed by atoms with Crippen LogP contribution in [0.1, 0.15) is 24.5 Å². The monoisotopic (exact) mass is 301 g/mol. The van der Waals surface area contributed by atoms with Crippen LogP contribution < -0.4 is 5.32 Å². The molecule has 0 radical (unpaired) electrons. The zero-order chi connectivity index (χ0) is 14.8. The molecule has 20 heavy (non-hydrogen) atoms. The van der Waals surface area contributed by atoms with E-state index in [9.17, 15) is 13.2 Å². The second-order valence-corrected chi connectivity index (χ2v) is 5.34. The molecule has 0 unspecified atom stereocenters. The lowest BCUT2D eigenvalue weighted by Crippen LogP contribution is -2.05. The van der Waals surface area contributed by atoms with E-state index in [0.717, 1.165) is 25.1 Å². The molecule has 0 bridgehead atoms. The second-order valence-electron chi connectivity index (χ2n) is 4.37. The Hall–Kier alpha value is -1.63. The molecule has 0 saturated heterocycles. The number of nitrogens with one attached hydrogen (secondary N) is 1. The van der Waals surface area contributed by atoms with Gasteiger partial charge in [0.25, 0.3) is 0 Å². The highest BCUT2D eigenvalue weighted by Gasteiger charge is 2.30. The molecule has 0 atom stereocenters. The molecule has 1 heterocycles. The van der Waals surface area contributed by atoms with Crippen molar-refractivity contribution in [3.8, 4) is 10.6 Å². The van der Waals surface area contributed by atoms with Gasteiger partial charge in [0.05, 0.1) is 5.56 Å². The van der Waals surface area contributed by atoms with Crippen molar-refractivity contribution in [1.29, 1.82) is 0 Å². The van der Waals surface area contributed by atoms with Gasteiger partial charge < -0.3 is 5.32 Å². The van der Waals surface area contributed by atoms with Crippen LogP contribution in [-0.2, 0) is 6.18 Å². The van der Waals surface area contributed by atoms with Crippen molar-refractivity contribution < 1.29 is 13.2 Å². The number of aromatic nitrogens is 2. The minimum Gasteiger partial charge on any atom is -0.360 e. The Morgan fingerprint density at radius 2 is 2.00 bits per heavy atom. The van der Waals surface area contributed by atoms with Gasteiger partial charge in [-0.25, -0.2) is 0 Å². The number of benzene rings is 1. The summed E-state index contributed by atoms with van der Waals surface area (Å²) >= 11 is 1.34. The molecule has 108 valence electrons. The van der Waals surface area contributed by atoms with Crippen LogP contribution in [-0.4, -0.2) is 16.7 Å². The molecular formula is C13H14F3N3S. The molecule has 0 amide bonds. The number of hydrogen-bond donors (Lipinski definition) is 1. The van der Waals surface area contributed by atoms with Gasteiger partial charge in [-0.2, -0.15) is 13.2 Å². The zero-order valence-corrected chi connectivity index (χ0v) is 11.9.